The Hall–Kier alpha value is -2.24. The highest BCUT2D eigenvalue weighted by Crippen LogP contribution is 2.37. The van der Waals surface area contributed by atoms with Crippen LogP contribution in [0.25, 0.3) is 0 Å². The number of amides is 3. The summed E-state index contributed by atoms with van der Waals surface area (Å²) in [5.74, 6) is -1.23. The van der Waals surface area contributed by atoms with E-state index in [0.29, 0.717) is 5.56 Å². The molecule has 1 unspecified atom stereocenters. The first-order chi connectivity index (χ1) is 8.53. The van der Waals surface area contributed by atoms with E-state index in [-0.39, 0.29) is 24.2 Å². The smallest absolute Gasteiger partial charge is 0.319 e. The number of carbonyl (C=O) groups is 3. The minimum Gasteiger partial charge on any atom is -0.319 e. The average Bonchev–Trinajstić information content (AvgIpc) is 2.60. The third kappa shape index (κ3) is 1.28. The maximum Gasteiger partial charge on any atom is 0.322 e. The van der Waals surface area contributed by atoms with Crippen molar-refractivity contribution >= 4 is 17.7 Å². The second kappa shape index (κ2) is 3.38. The van der Waals surface area contributed by atoms with Crippen molar-refractivity contribution in [2.45, 2.75) is 18.4 Å². The summed E-state index contributed by atoms with van der Waals surface area (Å²) in [5.41, 5.74) is -0.773. The van der Waals surface area contributed by atoms with Gasteiger partial charge in [0.15, 0.2) is 5.78 Å². The van der Waals surface area contributed by atoms with Gasteiger partial charge in [-0.15, -0.1) is 0 Å². The summed E-state index contributed by atoms with van der Waals surface area (Å²) < 4.78 is 13.3. The highest BCUT2D eigenvalue weighted by atomic mass is 19.1. The molecular formula is C12H9FN2O3. The Morgan fingerprint density at radius 3 is 2.67 bits per heavy atom. The maximum atomic E-state index is 13.3. The summed E-state index contributed by atoms with van der Waals surface area (Å²) in [4.78, 5) is 35.0. The maximum absolute atomic E-state index is 13.3. The highest BCUT2D eigenvalue weighted by Gasteiger charge is 2.51. The Morgan fingerprint density at radius 2 is 2.00 bits per heavy atom. The van der Waals surface area contributed by atoms with Gasteiger partial charge in [0.2, 0.25) is 0 Å². The quantitative estimate of drug-likeness (QED) is 0.668. The topological polar surface area (TPSA) is 75.3 Å². The van der Waals surface area contributed by atoms with Crippen LogP contribution in [0, 0.1) is 5.82 Å². The van der Waals surface area contributed by atoms with E-state index >= 15 is 0 Å². The third-order valence-corrected chi connectivity index (χ3v) is 3.41. The summed E-state index contributed by atoms with van der Waals surface area (Å²) in [6, 6.07) is 3.04. The van der Waals surface area contributed by atoms with Gasteiger partial charge in [-0.2, -0.15) is 0 Å². The molecule has 2 N–H and O–H groups in total. The van der Waals surface area contributed by atoms with E-state index in [4.69, 9.17) is 0 Å². The van der Waals surface area contributed by atoms with Crippen molar-refractivity contribution < 1.29 is 18.8 Å². The first-order valence-corrected chi connectivity index (χ1v) is 5.50. The Labute approximate surface area is 101 Å². The molecule has 0 aromatic heterocycles. The van der Waals surface area contributed by atoms with Crippen molar-refractivity contribution in [2.24, 2.45) is 0 Å². The van der Waals surface area contributed by atoms with Gasteiger partial charge in [-0.05, 0) is 24.6 Å². The molecule has 1 aromatic carbocycles. The van der Waals surface area contributed by atoms with Crippen LogP contribution in [-0.2, 0) is 10.3 Å². The van der Waals surface area contributed by atoms with Gasteiger partial charge in [0.05, 0.1) is 0 Å². The van der Waals surface area contributed by atoms with Crippen LogP contribution in [0.4, 0.5) is 9.18 Å². The number of nitrogens with one attached hydrogen (secondary N) is 2. The largest absolute Gasteiger partial charge is 0.322 e. The molecule has 1 fully saturated rings. The zero-order valence-corrected chi connectivity index (χ0v) is 9.25. The van der Waals surface area contributed by atoms with Crippen molar-refractivity contribution in [1.82, 2.24) is 10.6 Å². The molecule has 0 radical (unpaired) electrons. The molecule has 1 aromatic rings. The van der Waals surface area contributed by atoms with Crippen LogP contribution in [0.2, 0.25) is 0 Å². The van der Waals surface area contributed by atoms with Gasteiger partial charge >= 0.3 is 6.03 Å². The summed E-state index contributed by atoms with van der Waals surface area (Å²) in [5, 5.41) is 4.63. The SMILES string of the molecule is O=C1NC(=O)C2(CCC(=O)c3ccc(F)cc32)N1. The minimum absolute atomic E-state index is 0.145. The summed E-state index contributed by atoms with van der Waals surface area (Å²) in [7, 11) is 0. The van der Waals surface area contributed by atoms with E-state index < -0.39 is 23.3 Å². The molecule has 1 aliphatic carbocycles. The van der Waals surface area contributed by atoms with E-state index in [0.717, 1.165) is 6.07 Å². The molecule has 1 aliphatic heterocycles. The van der Waals surface area contributed by atoms with Crippen molar-refractivity contribution in [3.63, 3.8) is 0 Å². The number of benzene rings is 1. The lowest BCUT2D eigenvalue weighted by molar-refractivity contribution is -0.124. The van der Waals surface area contributed by atoms with Crippen LogP contribution >= 0.6 is 0 Å². The second-order valence-electron chi connectivity index (χ2n) is 4.43. The van der Waals surface area contributed by atoms with E-state index in [1.165, 1.54) is 12.1 Å². The molecule has 6 heteroatoms. The number of rotatable bonds is 0. The van der Waals surface area contributed by atoms with Gasteiger partial charge in [-0.3, -0.25) is 14.9 Å². The van der Waals surface area contributed by atoms with Crippen LogP contribution < -0.4 is 10.6 Å². The first kappa shape index (κ1) is 10.9. The van der Waals surface area contributed by atoms with Crippen molar-refractivity contribution in [3.8, 4) is 0 Å². The minimum atomic E-state index is -1.30. The molecule has 3 rings (SSSR count). The van der Waals surface area contributed by atoms with Gasteiger partial charge in [-0.25, -0.2) is 9.18 Å². The molecule has 1 spiro atoms. The van der Waals surface area contributed by atoms with E-state index in [9.17, 15) is 18.8 Å². The van der Waals surface area contributed by atoms with Crippen LogP contribution in [0.1, 0.15) is 28.8 Å². The molecular weight excluding hydrogens is 239 g/mol. The Balaban J connectivity index is 2.24. The number of carbonyl (C=O) groups excluding carboxylic acids is 3. The van der Waals surface area contributed by atoms with Crippen LogP contribution in [-0.4, -0.2) is 17.7 Å². The van der Waals surface area contributed by atoms with Crippen molar-refractivity contribution in [3.05, 3.63) is 35.1 Å². The number of ketones is 1. The van der Waals surface area contributed by atoms with Gasteiger partial charge in [-0.1, -0.05) is 0 Å². The van der Waals surface area contributed by atoms with Crippen molar-refractivity contribution in [2.75, 3.05) is 0 Å². The molecule has 0 bridgehead atoms. The van der Waals surface area contributed by atoms with Crippen LogP contribution in [0.15, 0.2) is 18.2 Å². The first-order valence-electron chi connectivity index (χ1n) is 5.50. The Morgan fingerprint density at radius 1 is 1.22 bits per heavy atom. The molecule has 3 amide bonds. The molecule has 92 valence electrons. The Bertz CT molecular complexity index is 599. The zero-order valence-electron chi connectivity index (χ0n) is 9.25. The Kier molecular flexibility index (Phi) is 2.04. The molecule has 1 heterocycles. The van der Waals surface area contributed by atoms with E-state index in [2.05, 4.69) is 10.6 Å². The van der Waals surface area contributed by atoms with E-state index in [1.54, 1.807) is 0 Å². The summed E-state index contributed by atoms with van der Waals surface area (Å²) in [6.45, 7) is 0. The van der Waals surface area contributed by atoms with Crippen LogP contribution in [0.5, 0.6) is 0 Å². The fourth-order valence-electron chi connectivity index (χ4n) is 2.54. The molecule has 0 saturated carbocycles. The predicted octanol–water partition coefficient (Wildman–Crippen LogP) is 0.837. The van der Waals surface area contributed by atoms with Crippen LogP contribution in [0.3, 0.4) is 0 Å². The summed E-state index contributed by atoms with van der Waals surface area (Å²) >= 11 is 0. The number of hydrogen-bond acceptors (Lipinski definition) is 3. The zero-order chi connectivity index (χ0) is 12.9. The number of fused-ring (bicyclic) bond motifs is 2. The molecule has 1 atom stereocenters. The average molecular weight is 248 g/mol. The third-order valence-electron chi connectivity index (χ3n) is 3.41. The standard InChI is InChI=1S/C12H9FN2O3/c13-6-1-2-7-8(5-6)12(4-3-9(7)16)10(17)14-11(18)15-12/h1-2,5H,3-4H2,(H2,14,15,17,18). The molecule has 2 aliphatic rings. The van der Waals surface area contributed by atoms with Crippen molar-refractivity contribution in [1.29, 1.82) is 0 Å². The number of Topliss-reactive ketones (excluding diaryl/α,β-unsaturated/α-hetero) is 1. The molecule has 18 heavy (non-hydrogen) atoms. The lowest BCUT2D eigenvalue weighted by atomic mass is 9.76. The summed E-state index contributed by atoms with van der Waals surface area (Å²) in [6.07, 6.45) is 0.298. The number of imide groups is 1. The van der Waals surface area contributed by atoms with Gasteiger partial charge in [0.25, 0.3) is 5.91 Å². The fraction of sp³-hybridized carbons (Fsp3) is 0.250. The molecule has 1 saturated heterocycles. The normalized spacial score (nSPS) is 25.9. The highest BCUT2D eigenvalue weighted by molar-refractivity contribution is 6.11. The van der Waals surface area contributed by atoms with Gasteiger partial charge in [0.1, 0.15) is 11.4 Å². The van der Waals surface area contributed by atoms with Gasteiger partial charge in [0, 0.05) is 17.5 Å². The number of hydrogen-bond donors (Lipinski definition) is 2. The lowest BCUT2D eigenvalue weighted by Crippen LogP contribution is -2.47. The lowest BCUT2D eigenvalue weighted by Gasteiger charge is -2.31. The van der Waals surface area contributed by atoms with Gasteiger partial charge < -0.3 is 5.32 Å². The number of urea groups is 1. The predicted molar refractivity (Wildman–Crippen MR) is 58.3 cm³/mol. The van der Waals surface area contributed by atoms with E-state index in [1.807, 2.05) is 0 Å². The number of halogens is 1. The molecule has 5 nitrogen and oxygen atoms in total. The fourth-order valence-corrected chi connectivity index (χ4v) is 2.54. The second-order valence-corrected chi connectivity index (χ2v) is 4.43. The monoisotopic (exact) mass is 248 g/mol.